The van der Waals surface area contributed by atoms with Crippen molar-refractivity contribution >= 4 is 23.4 Å². The monoisotopic (exact) mass is 286 g/mol. The Labute approximate surface area is 123 Å². The van der Waals surface area contributed by atoms with E-state index in [-0.39, 0.29) is 5.91 Å². The number of nitrogens with one attached hydrogen (secondary N) is 1. The molecule has 2 rings (SSSR count). The van der Waals surface area contributed by atoms with Crippen LogP contribution in [-0.2, 0) is 4.79 Å². The molecule has 0 aliphatic carbocycles. The zero-order valence-corrected chi connectivity index (χ0v) is 12.8. The Morgan fingerprint density at radius 3 is 2.55 bits per heavy atom. The van der Waals surface area contributed by atoms with Crippen molar-refractivity contribution in [3.05, 3.63) is 53.2 Å². The van der Waals surface area contributed by atoms with Crippen LogP contribution in [-0.4, -0.2) is 16.6 Å². The van der Waals surface area contributed by atoms with Crippen LogP contribution in [0.2, 0.25) is 0 Å². The van der Waals surface area contributed by atoms with Gasteiger partial charge in [-0.3, -0.25) is 4.79 Å². The quantitative estimate of drug-likeness (QED) is 0.871. The molecule has 0 fully saturated rings. The van der Waals surface area contributed by atoms with Gasteiger partial charge in [0.05, 0.1) is 10.8 Å². The third-order valence-corrected chi connectivity index (χ3v) is 3.84. The molecule has 0 aliphatic rings. The van der Waals surface area contributed by atoms with Crippen LogP contribution in [0.25, 0.3) is 0 Å². The normalized spacial score (nSPS) is 10.3. The van der Waals surface area contributed by atoms with Crippen LogP contribution in [0.4, 0.5) is 5.69 Å². The number of hydrogen-bond donors (Lipinski definition) is 1. The molecule has 1 N–H and O–H groups in total. The second kappa shape index (κ2) is 6.57. The number of thioether (sulfide) groups is 1. The fraction of sp³-hybridized carbons (Fsp3) is 0.250. The lowest BCUT2D eigenvalue weighted by atomic mass is 10.1. The highest BCUT2D eigenvalue weighted by molar-refractivity contribution is 7.99. The van der Waals surface area contributed by atoms with Crippen molar-refractivity contribution in [1.29, 1.82) is 0 Å². The molecule has 0 bridgehead atoms. The lowest BCUT2D eigenvalue weighted by molar-refractivity contribution is -0.113. The minimum absolute atomic E-state index is 0.00988. The number of amides is 1. The van der Waals surface area contributed by atoms with E-state index < -0.39 is 0 Å². The summed E-state index contributed by atoms with van der Waals surface area (Å²) in [4.78, 5) is 16.2. The number of anilines is 1. The fourth-order valence-corrected chi connectivity index (χ4v) is 2.46. The molecule has 0 saturated carbocycles. The second-order valence-electron chi connectivity index (χ2n) is 4.83. The first-order valence-electron chi connectivity index (χ1n) is 6.47. The molecule has 0 radical (unpaired) electrons. The van der Waals surface area contributed by atoms with Crippen molar-refractivity contribution in [3.63, 3.8) is 0 Å². The summed E-state index contributed by atoms with van der Waals surface area (Å²) in [6.07, 6.45) is 1.81. The molecule has 0 atom stereocenters. The van der Waals surface area contributed by atoms with Gasteiger partial charge in [-0.15, -0.1) is 0 Å². The maximum Gasteiger partial charge on any atom is 0.234 e. The van der Waals surface area contributed by atoms with Crippen molar-refractivity contribution in [1.82, 2.24) is 4.98 Å². The molecule has 0 unspecified atom stereocenters. The topological polar surface area (TPSA) is 42.0 Å². The number of aryl methyl sites for hydroxylation is 3. The maximum atomic E-state index is 11.9. The number of pyridine rings is 1. The van der Waals surface area contributed by atoms with E-state index in [1.165, 1.54) is 17.3 Å². The predicted octanol–water partition coefficient (Wildman–Crippen LogP) is 3.74. The third-order valence-electron chi connectivity index (χ3n) is 2.89. The summed E-state index contributed by atoms with van der Waals surface area (Å²) in [5.74, 6) is 0.355. The number of carbonyl (C=O) groups is 1. The van der Waals surface area contributed by atoms with Crippen molar-refractivity contribution in [3.8, 4) is 0 Å². The minimum atomic E-state index is -0.00988. The van der Waals surface area contributed by atoms with E-state index >= 15 is 0 Å². The first-order chi connectivity index (χ1) is 9.54. The molecule has 0 saturated heterocycles. The van der Waals surface area contributed by atoms with Crippen LogP contribution >= 0.6 is 11.8 Å². The van der Waals surface area contributed by atoms with Crippen LogP contribution in [0.1, 0.15) is 16.7 Å². The van der Waals surface area contributed by atoms with E-state index in [0.29, 0.717) is 5.75 Å². The minimum Gasteiger partial charge on any atom is -0.325 e. The highest BCUT2D eigenvalue weighted by Gasteiger charge is 2.06. The van der Waals surface area contributed by atoms with E-state index in [1.807, 2.05) is 51.2 Å². The molecule has 1 amide bonds. The van der Waals surface area contributed by atoms with E-state index in [2.05, 4.69) is 16.4 Å². The zero-order chi connectivity index (χ0) is 14.5. The summed E-state index contributed by atoms with van der Waals surface area (Å²) in [6.45, 7) is 6.03. The summed E-state index contributed by atoms with van der Waals surface area (Å²) in [6, 6.07) is 9.93. The molecular weight excluding hydrogens is 268 g/mol. The smallest absolute Gasteiger partial charge is 0.234 e. The molecule has 2 aromatic rings. The van der Waals surface area contributed by atoms with Crippen LogP contribution in [0, 0.1) is 20.8 Å². The van der Waals surface area contributed by atoms with Crippen molar-refractivity contribution < 1.29 is 4.79 Å². The number of rotatable bonds is 4. The van der Waals surface area contributed by atoms with Crippen LogP contribution < -0.4 is 5.32 Å². The SMILES string of the molecule is Cc1ccc(SCC(=O)Nc2ccc(C)cc2C)nc1. The van der Waals surface area contributed by atoms with Crippen molar-refractivity contribution in [2.24, 2.45) is 0 Å². The summed E-state index contributed by atoms with van der Waals surface area (Å²) >= 11 is 1.44. The first-order valence-corrected chi connectivity index (χ1v) is 7.46. The largest absolute Gasteiger partial charge is 0.325 e. The van der Waals surface area contributed by atoms with Crippen LogP contribution in [0.3, 0.4) is 0 Å². The summed E-state index contributed by atoms with van der Waals surface area (Å²) < 4.78 is 0. The zero-order valence-electron chi connectivity index (χ0n) is 11.9. The third kappa shape index (κ3) is 4.10. The maximum absolute atomic E-state index is 11.9. The molecule has 0 spiro atoms. The Bertz CT molecular complexity index is 608. The van der Waals surface area contributed by atoms with Gasteiger partial charge in [0, 0.05) is 11.9 Å². The van der Waals surface area contributed by atoms with Gasteiger partial charge in [0.2, 0.25) is 5.91 Å². The summed E-state index contributed by atoms with van der Waals surface area (Å²) in [5.41, 5.74) is 4.27. The Hall–Kier alpha value is -1.81. The molecule has 1 aromatic heterocycles. The molecular formula is C16H18N2OS. The Morgan fingerprint density at radius 2 is 1.90 bits per heavy atom. The van der Waals surface area contributed by atoms with Crippen LogP contribution in [0.5, 0.6) is 0 Å². The average molecular weight is 286 g/mol. The molecule has 104 valence electrons. The molecule has 1 aromatic carbocycles. The summed E-state index contributed by atoms with van der Waals surface area (Å²) in [7, 11) is 0. The van der Waals surface area contributed by atoms with Crippen molar-refractivity contribution in [2.45, 2.75) is 25.8 Å². The number of carbonyl (C=O) groups excluding carboxylic acids is 1. The van der Waals surface area contributed by atoms with Crippen LogP contribution in [0.15, 0.2) is 41.6 Å². The molecule has 20 heavy (non-hydrogen) atoms. The van der Waals surface area contributed by atoms with E-state index in [0.717, 1.165) is 21.8 Å². The van der Waals surface area contributed by atoms with Gasteiger partial charge in [-0.05, 0) is 44.0 Å². The molecule has 0 aliphatic heterocycles. The molecule has 3 nitrogen and oxygen atoms in total. The van der Waals surface area contributed by atoms with E-state index in [4.69, 9.17) is 0 Å². The van der Waals surface area contributed by atoms with Gasteiger partial charge < -0.3 is 5.32 Å². The average Bonchev–Trinajstić information content (AvgIpc) is 2.41. The Kier molecular flexibility index (Phi) is 4.79. The second-order valence-corrected chi connectivity index (χ2v) is 5.82. The number of nitrogens with zero attached hydrogens (tertiary/aromatic N) is 1. The number of aromatic nitrogens is 1. The highest BCUT2D eigenvalue weighted by atomic mass is 32.2. The van der Waals surface area contributed by atoms with Crippen molar-refractivity contribution in [2.75, 3.05) is 11.1 Å². The Balaban J connectivity index is 1.90. The number of benzene rings is 1. The molecule has 1 heterocycles. The van der Waals surface area contributed by atoms with Gasteiger partial charge in [0.15, 0.2) is 0 Å². The van der Waals surface area contributed by atoms with E-state index in [9.17, 15) is 4.79 Å². The lowest BCUT2D eigenvalue weighted by Crippen LogP contribution is -2.14. The lowest BCUT2D eigenvalue weighted by Gasteiger charge is -2.08. The predicted molar refractivity (Wildman–Crippen MR) is 84.2 cm³/mol. The van der Waals surface area contributed by atoms with Gasteiger partial charge in [-0.1, -0.05) is 35.5 Å². The first kappa shape index (κ1) is 14.6. The van der Waals surface area contributed by atoms with Gasteiger partial charge in [0.1, 0.15) is 0 Å². The number of hydrogen-bond acceptors (Lipinski definition) is 3. The van der Waals surface area contributed by atoms with Gasteiger partial charge in [-0.25, -0.2) is 4.98 Å². The van der Waals surface area contributed by atoms with Gasteiger partial charge in [-0.2, -0.15) is 0 Å². The highest BCUT2D eigenvalue weighted by Crippen LogP contribution is 2.18. The Morgan fingerprint density at radius 1 is 1.15 bits per heavy atom. The van der Waals surface area contributed by atoms with E-state index in [1.54, 1.807) is 0 Å². The van der Waals surface area contributed by atoms with Gasteiger partial charge >= 0.3 is 0 Å². The fourth-order valence-electron chi connectivity index (χ4n) is 1.82. The molecule has 4 heteroatoms. The summed E-state index contributed by atoms with van der Waals surface area (Å²) in [5, 5.41) is 3.80. The standard InChI is InChI=1S/C16H18N2OS/c1-11-4-6-14(13(3)8-11)18-15(19)10-20-16-7-5-12(2)9-17-16/h4-9H,10H2,1-3H3,(H,18,19). The van der Waals surface area contributed by atoms with Gasteiger partial charge in [0.25, 0.3) is 0 Å².